The van der Waals surface area contributed by atoms with Crippen LogP contribution in [0.25, 0.3) is 0 Å². The van der Waals surface area contributed by atoms with Crippen LogP contribution in [-0.2, 0) is 11.2 Å². The Morgan fingerprint density at radius 3 is 2.59 bits per heavy atom. The molecule has 0 heterocycles. The molecule has 17 heavy (non-hydrogen) atoms. The fourth-order valence-corrected chi connectivity index (χ4v) is 4.59. The molecule has 0 bridgehead atoms. The second-order valence-corrected chi connectivity index (χ2v) is 7.62. The lowest BCUT2D eigenvalue weighted by atomic mass is 9.94. The summed E-state index contributed by atoms with van der Waals surface area (Å²) >= 11 is 0.922. The van der Waals surface area contributed by atoms with Crippen LogP contribution in [-0.4, -0.2) is 27.2 Å². The van der Waals surface area contributed by atoms with Crippen LogP contribution in [0, 0.1) is 6.92 Å². The number of rotatable bonds is 4. The van der Waals surface area contributed by atoms with Gasteiger partial charge >= 0.3 is 0 Å². The van der Waals surface area contributed by atoms with Gasteiger partial charge in [0.05, 0.1) is 6.26 Å². The highest BCUT2D eigenvalue weighted by molar-refractivity contribution is 8.14. The van der Waals surface area contributed by atoms with Gasteiger partial charge in [0, 0.05) is 12.8 Å². The zero-order chi connectivity index (χ0) is 12.5. The Bertz CT molecular complexity index is 387. The maximum Gasteiger partial charge on any atom is 0.177 e. The SMILES string of the molecule is CSC1([S+](C)[O-])CC(Oc2ccccc2C)C1. The molecular weight excluding hydrogens is 252 g/mol. The highest BCUT2D eigenvalue weighted by Crippen LogP contribution is 2.48. The van der Waals surface area contributed by atoms with E-state index in [0.29, 0.717) is 0 Å². The van der Waals surface area contributed by atoms with E-state index in [-0.39, 0.29) is 10.2 Å². The average Bonchev–Trinajstić information content (AvgIpc) is 2.24. The van der Waals surface area contributed by atoms with E-state index >= 15 is 0 Å². The molecule has 0 N–H and O–H groups in total. The Kier molecular flexibility index (Phi) is 3.95. The third kappa shape index (κ3) is 2.59. The largest absolute Gasteiger partial charge is 0.615 e. The molecule has 1 fully saturated rings. The Morgan fingerprint density at radius 2 is 2.06 bits per heavy atom. The maximum absolute atomic E-state index is 11.7. The molecule has 2 nitrogen and oxygen atoms in total. The zero-order valence-electron chi connectivity index (χ0n) is 10.4. The van der Waals surface area contributed by atoms with Crippen LogP contribution >= 0.6 is 11.8 Å². The van der Waals surface area contributed by atoms with E-state index in [4.69, 9.17) is 4.74 Å². The van der Waals surface area contributed by atoms with Crippen molar-refractivity contribution in [3.05, 3.63) is 29.8 Å². The Labute approximate surface area is 110 Å². The van der Waals surface area contributed by atoms with Gasteiger partial charge < -0.3 is 9.29 Å². The molecule has 1 aliphatic rings. The summed E-state index contributed by atoms with van der Waals surface area (Å²) < 4.78 is 17.5. The molecule has 1 atom stereocenters. The summed E-state index contributed by atoms with van der Waals surface area (Å²) in [5, 5.41) is 0. The molecule has 0 aromatic heterocycles. The number of hydrogen-bond acceptors (Lipinski definition) is 3. The first-order chi connectivity index (χ1) is 8.07. The zero-order valence-corrected chi connectivity index (χ0v) is 12.1. The van der Waals surface area contributed by atoms with Crippen molar-refractivity contribution in [1.29, 1.82) is 0 Å². The lowest BCUT2D eigenvalue weighted by molar-refractivity contribution is 0.112. The Balaban J connectivity index is 1.95. The third-order valence-electron chi connectivity index (χ3n) is 3.36. The fraction of sp³-hybridized carbons (Fsp3) is 0.538. The van der Waals surface area contributed by atoms with Crippen molar-refractivity contribution in [3.8, 4) is 5.75 Å². The maximum atomic E-state index is 11.7. The third-order valence-corrected chi connectivity index (χ3v) is 7.02. The van der Waals surface area contributed by atoms with Crippen LogP contribution in [0.3, 0.4) is 0 Å². The first-order valence-corrected chi connectivity index (χ1v) is 8.47. The monoisotopic (exact) mass is 270 g/mol. The van der Waals surface area contributed by atoms with Crippen LogP contribution in [0.15, 0.2) is 24.3 Å². The molecule has 0 saturated heterocycles. The highest BCUT2D eigenvalue weighted by Gasteiger charge is 2.53. The number of aryl methyl sites for hydroxylation is 1. The molecule has 1 aromatic carbocycles. The normalized spacial score (nSPS) is 29.5. The van der Waals surface area contributed by atoms with E-state index in [9.17, 15) is 4.55 Å². The van der Waals surface area contributed by atoms with Gasteiger partial charge in [-0.2, -0.15) is 0 Å². The number of ether oxygens (including phenoxy) is 1. The number of thioether (sulfide) groups is 1. The first kappa shape index (κ1) is 13.1. The molecule has 2 rings (SSSR count). The highest BCUT2D eigenvalue weighted by atomic mass is 32.3. The van der Waals surface area contributed by atoms with Crippen LogP contribution in [0.1, 0.15) is 18.4 Å². The van der Waals surface area contributed by atoms with Gasteiger partial charge in [-0.25, -0.2) is 0 Å². The molecule has 0 spiro atoms. The average molecular weight is 270 g/mol. The van der Waals surface area contributed by atoms with E-state index in [1.807, 2.05) is 37.4 Å². The van der Waals surface area contributed by atoms with Gasteiger partial charge in [0.25, 0.3) is 0 Å². The number of hydrogen-bond donors (Lipinski definition) is 0. The van der Waals surface area contributed by atoms with Crippen LogP contribution in [0.4, 0.5) is 0 Å². The van der Waals surface area contributed by atoms with Crippen LogP contribution in [0.2, 0.25) is 0 Å². The molecule has 94 valence electrons. The smallest absolute Gasteiger partial charge is 0.177 e. The van der Waals surface area contributed by atoms with Crippen molar-refractivity contribution in [1.82, 2.24) is 0 Å². The molecule has 0 radical (unpaired) electrons. The van der Waals surface area contributed by atoms with Crippen molar-refractivity contribution >= 4 is 22.9 Å². The Morgan fingerprint density at radius 1 is 1.41 bits per heavy atom. The minimum Gasteiger partial charge on any atom is -0.615 e. The van der Waals surface area contributed by atoms with Gasteiger partial charge in [0.1, 0.15) is 11.9 Å². The van der Waals surface area contributed by atoms with E-state index in [0.717, 1.165) is 24.2 Å². The number of benzene rings is 1. The molecule has 1 saturated carbocycles. The van der Waals surface area contributed by atoms with Crippen molar-refractivity contribution < 1.29 is 9.29 Å². The van der Waals surface area contributed by atoms with Crippen molar-refractivity contribution in [2.45, 2.75) is 29.9 Å². The van der Waals surface area contributed by atoms with E-state index in [1.165, 1.54) is 0 Å². The standard InChI is InChI=1S/C13H18O2S2/c1-10-6-4-5-7-12(10)15-11-8-13(9-11,16-2)17(3)14/h4-7,11H,8-9H2,1-3H3. The molecule has 1 aliphatic carbocycles. The summed E-state index contributed by atoms with van der Waals surface area (Å²) in [6.45, 7) is 2.05. The molecular formula is C13H18O2S2. The molecule has 0 amide bonds. The van der Waals surface area contributed by atoms with Gasteiger partial charge in [-0.1, -0.05) is 18.2 Å². The predicted molar refractivity (Wildman–Crippen MR) is 75.1 cm³/mol. The van der Waals surface area contributed by atoms with Gasteiger partial charge in [0.2, 0.25) is 0 Å². The summed E-state index contributed by atoms with van der Waals surface area (Å²) in [5.41, 5.74) is 1.16. The van der Waals surface area contributed by atoms with Crippen molar-refractivity contribution in [2.24, 2.45) is 0 Å². The van der Waals surface area contributed by atoms with Crippen LogP contribution in [0.5, 0.6) is 5.75 Å². The molecule has 0 aliphatic heterocycles. The minimum absolute atomic E-state index is 0.0760. The molecule has 1 unspecified atom stereocenters. The molecule has 4 heteroatoms. The predicted octanol–water partition coefficient (Wildman–Crippen LogP) is 2.97. The van der Waals surface area contributed by atoms with Crippen molar-refractivity contribution in [2.75, 3.05) is 12.5 Å². The lowest BCUT2D eigenvalue weighted by Gasteiger charge is -2.44. The van der Waals surface area contributed by atoms with Gasteiger partial charge in [-0.05, 0) is 36.0 Å². The van der Waals surface area contributed by atoms with Crippen LogP contribution < -0.4 is 4.74 Å². The topological polar surface area (TPSA) is 32.3 Å². The second-order valence-electron chi connectivity index (χ2n) is 4.48. The minimum atomic E-state index is -0.783. The summed E-state index contributed by atoms with van der Waals surface area (Å²) in [6, 6.07) is 8.04. The summed E-state index contributed by atoms with van der Waals surface area (Å²) in [5.74, 6) is 0.953. The van der Waals surface area contributed by atoms with Gasteiger partial charge in [0.15, 0.2) is 4.08 Å². The first-order valence-electron chi connectivity index (χ1n) is 5.68. The lowest BCUT2D eigenvalue weighted by Crippen LogP contribution is -2.52. The fourth-order valence-electron chi connectivity index (χ4n) is 2.10. The summed E-state index contributed by atoms with van der Waals surface area (Å²) in [6.07, 6.45) is 5.80. The number of para-hydroxylation sites is 1. The van der Waals surface area contributed by atoms with E-state index in [1.54, 1.807) is 18.0 Å². The van der Waals surface area contributed by atoms with Gasteiger partial charge in [-0.3, -0.25) is 0 Å². The molecule has 1 aromatic rings. The van der Waals surface area contributed by atoms with E-state index < -0.39 is 11.2 Å². The summed E-state index contributed by atoms with van der Waals surface area (Å²) in [7, 11) is 0. The quantitative estimate of drug-likeness (QED) is 0.788. The van der Waals surface area contributed by atoms with Crippen molar-refractivity contribution in [3.63, 3.8) is 0 Å². The second kappa shape index (κ2) is 5.12. The Hall–Kier alpha value is -0.320. The van der Waals surface area contributed by atoms with Gasteiger partial charge in [-0.15, -0.1) is 11.8 Å². The van der Waals surface area contributed by atoms with E-state index in [2.05, 4.69) is 0 Å². The summed E-state index contributed by atoms with van der Waals surface area (Å²) in [4.78, 5) is 0.